The number of rotatable bonds is 5. The van der Waals surface area contributed by atoms with E-state index in [9.17, 15) is 9.18 Å². The molecular weight excluding hydrogens is 253 g/mol. The van der Waals surface area contributed by atoms with Crippen molar-refractivity contribution in [3.05, 3.63) is 71.0 Å². The molecule has 0 unspecified atom stereocenters. The molecule has 0 fully saturated rings. The molecule has 0 bridgehead atoms. The zero-order valence-electron chi connectivity index (χ0n) is 11.8. The second-order valence-electron chi connectivity index (χ2n) is 5.04. The smallest absolute Gasteiger partial charge is 0.177 e. The molecule has 0 heterocycles. The number of ketones is 1. The Morgan fingerprint density at radius 1 is 1.15 bits per heavy atom. The minimum Gasteiger partial charge on any atom is -0.295 e. The topological polar surface area (TPSA) is 20.3 Å². The molecular formula is C17H18FNO. The summed E-state index contributed by atoms with van der Waals surface area (Å²) in [5.74, 6) is -0.164. The molecule has 0 radical (unpaired) electrons. The molecule has 2 aromatic carbocycles. The van der Waals surface area contributed by atoms with Crippen LogP contribution < -0.4 is 0 Å². The quantitative estimate of drug-likeness (QED) is 0.776. The summed E-state index contributed by atoms with van der Waals surface area (Å²) in [6.07, 6.45) is 0. The third-order valence-corrected chi connectivity index (χ3v) is 3.20. The minimum atomic E-state index is -0.249. The first-order valence-electron chi connectivity index (χ1n) is 6.58. The van der Waals surface area contributed by atoms with Gasteiger partial charge in [0.05, 0.1) is 6.54 Å². The van der Waals surface area contributed by atoms with Crippen LogP contribution in [-0.4, -0.2) is 24.3 Å². The van der Waals surface area contributed by atoms with Crippen molar-refractivity contribution in [1.29, 1.82) is 0 Å². The van der Waals surface area contributed by atoms with Gasteiger partial charge in [-0.2, -0.15) is 0 Å². The lowest BCUT2D eigenvalue weighted by Crippen LogP contribution is -2.26. The Bertz CT molecular complexity index is 609. The summed E-state index contributed by atoms with van der Waals surface area (Å²) in [5, 5.41) is 0. The highest BCUT2D eigenvalue weighted by molar-refractivity contribution is 5.98. The lowest BCUT2D eigenvalue weighted by atomic mass is 10.0. The molecule has 0 amide bonds. The van der Waals surface area contributed by atoms with Crippen LogP contribution >= 0.6 is 0 Å². The summed E-state index contributed by atoms with van der Waals surface area (Å²) < 4.78 is 13.1. The average molecular weight is 271 g/mol. The van der Waals surface area contributed by atoms with Crippen molar-refractivity contribution < 1.29 is 9.18 Å². The van der Waals surface area contributed by atoms with Crippen molar-refractivity contribution in [3.63, 3.8) is 0 Å². The van der Waals surface area contributed by atoms with Gasteiger partial charge in [0.1, 0.15) is 5.82 Å². The highest BCUT2D eigenvalue weighted by atomic mass is 19.1. The number of Topliss-reactive ketones (excluding diaryl/α,β-unsaturated/α-hetero) is 1. The van der Waals surface area contributed by atoms with Gasteiger partial charge in [-0.15, -0.1) is 0 Å². The van der Waals surface area contributed by atoms with Crippen molar-refractivity contribution >= 4 is 5.78 Å². The molecule has 0 spiro atoms. The Hall–Kier alpha value is -2.00. The van der Waals surface area contributed by atoms with Crippen molar-refractivity contribution in [2.45, 2.75) is 13.5 Å². The third kappa shape index (κ3) is 3.75. The standard InChI is InChI=1S/C17H18FNO/c1-13-6-3-4-9-16(13)17(20)12-19(2)11-14-7-5-8-15(18)10-14/h3-10H,11-12H2,1-2H3. The Balaban J connectivity index is 2.00. The molecule has 2 aromatic rings. The van der Waals surface area contributed by atoms with Gasteiger partial charge in [-0.3, -0.25) is 9.69 Å². The first kappa shape index (κ1) is 14.4. The van der Waals surface area contributed by atoms with Crippen LogP contribution in [0.5, 0.6) is 0 Å². The maximum Gasteiger partial charge on any atom is 0.177 e. The first-order valence-corrected chi connectivity index (χ1v) is 6.58. The van der Waals surface area contributed by atoms with E-state index >= 15 is 0 Å². The van der Waals surface area contributed by atoms with Crippen LogP contribution in [0.15, 0.2) is 48.5 Å². The van der Waals surface area contributed by atoms with Gasteiger partial charge in [0.25, 0.3) is 0 Å². The average Bonchev–Trinajstić information content (AvgIpc) is 2.38. The molecule has 0 aromatic heterocycles. The second-order valence-corrected chi connectivity index (χ2v) is 5.04. The van der Waals surface area contributed by atoms with E-state index in [0.29, 0.717) is 13.1 Å². The van der Waals surface area contributed by atoms with Crippen LogP contribution in [-0.2, 0) is 6.54 Å². The van der Waals surface area contributed by atoms with Crippen molar-refractivity contribution in [1.82, 2.24) is 4.90 Å². The third-order valence-electron chi connectivity index (χ3n) is 3.20. The predicted octanol–water partition coefficient (Wildman–Crippen LogP) is 3.45. The van der Waals surface area contributed by atoms with Crippen molar-refractivity contribution in [3.8, 4) is 0 Å². The van der Waals surface area contributed by atoms with Gasteiger partial charge in [-0.25, -0.2) is 4.39 Å². The molecule has 2 nitrogen and oxygen atoms in total. The summed E-state index contributed by atoms with van der Waals surface area (Å²) in [6.45, 7) is 2.80. The number of nitrogens with zero attached hydrogens (tertiary/aromatic N) is 1. The fourth-order valence-electron chi connectivity index (χ4n) is 2.22. The maximum atomic E-state index is 13.1. The number of carbonyl (C=O) groups is 1. The molecule has 2 rings (SSSR count). The fraction of sp³-hybridized carbons (Fsp3) is 0.235. The van der Waals surface area contributed by atoms with Crippen LogP contribution in [0.25, 0.3) is 0 Å². The SMILES string of the molecule is Cc1ccccc1C(=O)CN(C)Cc1cccc(F)c1. The van der Waals surface area contributed by atoms with Gasteiger partial charge in [0.15, 0.2) is 5.78 Å². The molecule has 0 N–H and O–H groups in total. The van der Waals surface area contributed by atoms with Crippen LogP contribution in [0.2, 0.25) is 0 Å². The van der Waals surface area contributed by atoms with E-state index in [4.69, 9.17) is 0 Å². The maximum absolute atomic E-state index is 13.1. The van der Waals surface area contributed by atoms with Crippen LogP contribution in [0.4, 0.5) is 4.39 Å². The van der Waals surface area contributed by atoms with Crippen LogP contribution in [0.1, 0.15) is 21.5 Å². The molecule has 0 aliphatic rings. The number of benzene rings is 2. The second kappa shape index (κ2) is 6.44. The summed E-state index contributed by atoms with van der Waals surface area (Å²) in [5.41, 5.74) is 2.60. The largest absolute Gasteiger partial charge is 0.295 e. The van der Waals surface area contributed by atoms with Gasteiger partial charge in [0.2, 0.25) is 0 Å². The Morgan fingerprint density at radius 3 is 2.60 bits per heavy atom. The highest BCUT2D eigenvalue weighted by Gasteiger charge is 2.11. The molecule has 20 heavy (non-hydrogen) atoms. The molecule has 0 aliphatic carbocycles. The van der Waals surface area contributed by atoms with Gasteiger partial charge in [-0.05, 0) is 37.2 Å². The number of hydrogen-bond acceptors (Lipinski definition) is 2. The van der Waals surface area contributed by atoms with Crippen molar-refractivity contribution in [2.75, 3.05) is 13.6 Å². The van der Waals surface area contributed by atoms with E-state index in [0.717, 1.165) is 16.7 Å². The minimum absolute atomic E-state index is 0.0852. The fourth-order valence-corrected chi connectivity index (χ4v) is 2.22. The monoisotopic (exact) mass is 271 g/mol. The van der Waals surface area contributed by atoms with E-state index in [1.165, 1.54) is 12.1 Å². The predicted molar refractivity (Wildman–Crippen MR) is 78.2 cm³/mol. The lowest BCUT2D eigenvalue weighted by molar-refractivity contribution is 0.0942. The lowest BCUT2D eigenvalue weighted by Gasteiger charge is -2.16. The molecule has 104 valence electrons. The van der Waals surface area contributed by atoms with Crippen LogP contribution in [0, 0.1) is 12.7 Å². The molecule has 0 saturated heterocycles. The number of aryl methyl sites for hydroxylation is 1. The van der Waals surface area contributed by atoms with Gasteiger partial charge in [0, 0.05) is 12.1 Å². The van der Waals surface area contributed by atoms with Gasteiger partial charge < -0.3 is 0 Å². The zero-order chi connectivity index (χ0) is 14.5. The van der Waals surface area contributed by atoms with E-state index in [1.807, 2.05) is 49.2 Å². The molecule has 0 saturated carbocycles. The van der Waals surface area contributed by atoms with Crippen molar-refractivity contribution in [2.24, 2.45) is 0 Å². The molecule has 0 aliphatic heterocycles. The number of hydrogen-bond donors (Lipinski definition) is 0. The van der Waals surface area contributed by atoms with Gasteiger partial charge >= 0.3 is 0 Å². The summed E-state index contributed by atoms with van der Waals surface area (Å²) in [6, 6.07) is 14.0. The Labute approximate surface area is 118 Å². The normalized spacial score (nSPS) is 10.8. The molecule has 0 atom stereocenters. The Kier molecular flexibility index (Phi) is 4.64. The number of likely N-dealkylation sites (N-methyl/N-ethyl adjacent to an activating group) is 1. The van der Waals surface area contributed by atoms with E-state index < -0.39 is 0 Å². The number of halogens is 1. The zero-order valence-corrected chi connectivity index (χ0v) is 11.8. The van der Waals surface area contributed by atoms with Crippen LogP contribution in [0.3, 0.4) is 0 Å². The van der Waals surface area contributed by atoms with E-state index in [2.05, 4.69) is 0 Å². The van der Waals surface area contributed by atoms with Gasteiger partial charge in [-0.1, -0.05) is 36.4 Å². The van der Waals surface area contributed by atoms with E-state index in [-0.39, 0.29) is 11.6 Å². The summed E-state index contributed by atoms with van der Waals surface area (Å²) in [4.78, 5) is 14.1. The highest BCUT2D eigenvalue weighted by Crippen LogP contribution is 2.10. The Morgan fingerprint density at radius 2 is 1.90 bits per heavy atom. The van der Waals surface area contributed by atoms with E-state index in [1.54, 1.807) is 6.07 Å². The summed E-state index contributed by atoms with van der Waals surface area (Å²) in [7, 11) is 1.86. The summed E-state index contributed by atoms with van der Waals surface area (Å²) >= 11 is 0. The first-order chi connectivity index (χ1) is 9.56. The number of carbonyl (C=O) groups excluding carboxylic acids is 1. The molecule has 3 heteroatoms.